The normalized spacial score (nSPS) is 36.3. The molecule has 3 unspecified atom stereocenters. The van der Waals surface area contributed by atoms with Crippen molar-refractivity contribution in [1.82, 2.24) is 0 Å². The van der Waals surface area contributed by atoms with Crippen molar-refractivity contribution in [1.29, 1.82) is 0 Å². The summed E-state index contributed by atoms with van der Waals surface area (Å²) < 4.78 is 5.33. The fraction of sp³-hybridized carbons (Fsp3) is 0.846. The zero-order chi connectivity index (χ0) is 10.6. The van der Waals surface area contributed by atoms with Crippen molar-refractivity contribution in [2.24, 2.45) is 17.8 Å². The summed E-state index contributed by atoms with van der Waals surface area (Å²) in [5.41, 5.74) is 1.65. The second kappa shape index (κ2) is 5.55. The van der Waals surface area contributed by atoms with Crippen LogP contribution in [-0.2, 0) is 4.74 Å². The summed E-state index contributed by atoms with van der Waals surface area (Å²) >= 11 is 0. The fourth-order valence-corrected chi connectivity index (χ4v) is 2.78. The van der Waals surface area contributed by atoms with Crippen LogP contribution >= 0.6 is 0 Å². The SMILES string of the molecule is CC=C1CC(C)C(COC)C(CC)C1. The van der Waals surface area contributed by atoms with Crippen LogP contribution in [0.5, 0.6) is 0 Å². The largest absolute Gasteiger partial charge is 0.384 e. The number of hydrogen-bond donors (Lipinski definition) is 0. The maximum Gasteiger partial charge on any atom is 0.0495 e. The average molecular weight is 196 g/mol. The van der Waals surface area contributed by atoms with Crippen LogP contribution in [0.25, 0.3) is 0 Å². The Hall–Kier alpha value is -0.300. The van der Waals surface area contributed by atoms with E-state index in [1.54, 1.807) is 5.57 Å². The van der Waals surface area contributed by atoms with Crippen LogP contribution in [0.1, 0.15) is 40.0 Å². The maximum absolute atomic E-state index is 5.33. The molecule has 1 aliphatic carbocycles. The summed E-state index contributed by atoms with van der Waals surface area (Å²) in [6.45, 7) is 7.79. The molecule has 1 heteroatoms. The lowest BCUT2D eigenvalue weighted by atomic mass is 9.70. The van der Waals surface area contributed by atoms with Gasteiger partial charge in [0.25, 0.3) is 0 Å². The Bertz CT molecular complexity index is 195. The minimum atomic E-state index is 0.772. The van der Waals surface area contributed by atoms with Crippen LogP contribution in [0.4, 0.5) is 0 Å². The van der Waals surface area contributed by atoms with Gasteiger partial charge in [-0.1, -0.05) is 31.9 Å². The molecule has 0 N–H and O–H groups in total. The molecule has 0 aromatic heterocycles. The molecule has 3 atom stereocenters. The quantitative estimate of drug-likeness (QED) is 0.626. The van der Waals surface area contributed by atoms with Gasteiger partial charge in [-0.3, -0.25) is 0 Å². The van der Waals surface area contributed by atoms with Crippen molar-refractivity contribution in [3.8, 4) is 0 Å². The molecule has 1 aliphatic rings. The summed E-state index contributed by atoms with van der Waals surface area (Å²) in [5, 5.41) is 0. The Labute approximate surface area is 88.5 Å². The van der Waals surface area contributed by atoms with Crippen molar-refractivity contribution in [2.75, 3.05) is 13.7 Å². The van der Waals surface area contributed by atoms with Crippen LogP contribution in [0.2, 0.25) is 0 Å². The highest BCUT2D eigenvalue weighted by atomic mass is 16.5. The van der Waals surface area contributed by atoms with E-state index in [1.807, 2.05) is 7.11 Å². The summed E-state index contributed by atoms with van der Waals surface area (Å²) in [6, 6.07) is 0. The van der Waals surface area contributed by atoms with Gasteiger partial charge in [-0.05, 0) is 37.5 Å². The second-order valence-electron chi connectivity index (χ2n) is 4.62. The van der Waals surface area contributed by atoms with Gasteiger partial charge in [0, 0.05) is 13.7 Å². The van der Waals surface area contributed by atoms with E-state index in [-0.39, 0.29) is 0 Å². The molecule has 1 fully saturated rings. The first-order chi connectivity index (χ1) is 6.72. The lowest BCUT2D eigenvalue weighted by molar-refractivity contribution is 0.0719. The number of allylic oxidation sites excluding steroid dienone is 2. The minimum Gasteiger partial charge on any atom is -0.384 e. The molecule has 0 aliphatic heterocycles. The fourth-order valence-electron chi connectivity index (χ4n) is 2.78. The molecule has 1 rings (SSSR count). The third-order valence-electron chi connectivity index (χ3n) is 3.74. The van der Waals surface area contributed by atoms with Gasteiger partial charge in [0.05, 0.1) is 0 Å². The summed E-state index contributed by atoms with van der Waals surface area (Å²) in [7, 11) is 1.82. The zero-order valence-electron chi connectivity index (χ0n) is 10.0. The lowest BCUT2D eigenvalue weighted by Gasteiger charge is -2.37. The first kappa shape index (κ1) is 11.8. The number of rotatable bonds is 3. The number of ether oxygens (including phenoxy) is 1. The molecule has 0 heterocycles. The smallest absolute Gasteiger partial charge is 0.0495 e. The predicted molar refractivity (Wildman–Crippen MR) is 61.3 cm³/mol. The average Bonchev–Trinajstić information content (AvgIpc) is 2.20. The van der Waals surface area contributed by atoms with Crippen molar-refractivity contribution < 1.29 is 4.74 Å². The Morgan fingerprint density at radius 1 is 1.43 bits per heavy atom. The summed E-state index contributed by atoms with van der Waals surface area (Å²) in [4.78, 5) is 0. The van der Waals surface area contributed by atoms with Crippen LogP contribution in [0, 0.1) is 17.8 Å². The molecule has 82 valence electrons. The van der Waals surface area contributed by atoms with Gasteiger partial charge in [0.1, 0.15) is 0 Å². The molecule has 0 radical (unpaired) electrons. The van der Waals surface area contributed by atoms with Crippen LogP contribution in [0.15, 0.2) is 11.6 Å². The Morgan fingerprint density at radius 3 is 2.64 bits per heavy atom. The van der Waals surface area contributed by atoms with Gasteiger partial charge in [-0.2, -0.15) is 0 Å². The van der Waals surface area contributed by atoms with Gasteiger partial charge in [0.15, 0.2) is 0 Å². The predicted octanol–water partition coefficient (Wildman–Crippen LogP) is 3.65. The number of methoxy groups -OCH3 is 1. The van der Waals surface area contributed by atoms with Gasteiger partial charge < -0.3 is 4.74 Å². The minimum absolute atomic E-state index is 0.772. The first-order valence-corrected chi connectivity index (χ1v) is 5.85. The van der Waals surface area contributed by atoms with Crippen molar-refractivity contribution in [3.05, 3.63) is 11.6 Å². The van der Waals surface area contributed by atoms with Crippen molar-refractivity contribution >= 4 is 0 Å². The standard InChI is InChI=1S/C13H24O/c1-5-11-7-10(3)13(9-14-4)12(6-2)8-11/h5,10,12-13H,6-9H2,1-4H3. The van der Waals surface area contributed by atoms with E-state index < -0.39 is 0 Å². The molecule has 0 amide bonds. The van der Waals surface area contributed by atoms with E-state index in [0.717, 1.165) is 24.4 Å². The molecule has 0 bridgehead atoms. The second-order valence-corrected chi connectivity index (χ2v) is 4.62. The van der Waals surface area contributed by atoms with Crippen LogP contribution in [0.3, 0.4) is 0 Å². The van der Waals surface area contributed by atoms with Crippen molar-refractivity contribution in [3.63, 3.8) is 0 Å². The van der Waals surface area contributed by atoms with E-state index in [1.165, 1.54) is 19.3 Å². The molecule has 0 aromatic carbocycles. The van der Waals surface area contributed by atoms with E-state index >= 15 is 0 Å². The topological polar surface area (TPSA) is 9.23 Å². The Balaban J connectivity index is 2.66. The van der Waals surface area contributed by atoms with E-state index in [0.29, 0.717) is 0 Å². The third-order valence-corrected chi connectivity index (χ3v) is 3.74. The van der Waals surface area contributed by atoms with Gasteiger partial charge in [-0.15, -0.1) is 0 Å². The lowest BCUT2D eigenvalue weighted by Crippen LogP contribution is -2.30. The summed E-state index contributed by atoms with van der Waals surface area (Å²) in [5.74, 6) is 2.40. The molecular formula is C13H24O. The summed E-state index contributed by atoms with van der Waals surface area (Å²) in [6.07, 6.45) is 6.17. The molecule has 0 spiro atoms. The third kappa shape index (κ3) is 2.60. The van der Waals surface area contributed by atoms with Crippen LogP contribution in [-0.4, -0.2) is 13.7 Å². The van der Waals surface area contributed by atoms with E-state index in [2.05, 4.69) is 26.8 Å². The van der Waals surface area contributed by atoms with Crippen LogP contribution < -0.4 is 0 Å². The van der Waals surface area contributed by atoms with Crippen molar-refractivity contribution in [2.45, 2.75) is 40.0 Å². The Kier molecular flexibility index (Phi) is 4.67. The molecule has 0 aromatic rings. The van der Waals surface area contributed by atoms with E-state index in [4.69, 9.17) is 4.74 Å². The van der Waals surface area contributed by atoms with Gasteiger partial charge >= 0.3 is 0 Å². The zero-order valence-corrected chi connectivity index (χ0v) is 10.0. The molecule has 1 nitrogen and oxygen atoms in total. The monoisotopic (exact) mass is 196 g/mol. The highest BCUT2D eigenvalue weighted by molar-refractivity contribution is 5.07. The molecular weight excluding hydrogens is 172 g/mol. The molecule has 0 saturated heterocycles. The highest BCUT2D eigenvalue weighted by Crippen LogP contribution is 2.39. The van der Waals surface area contributed by atoms with Gasteiger partial charge in [0.2, 0.25) is 0 Å². The Morgan fingerprint density at radius 2 is 2.14 bits per heavy atom. The highest BCUT2D eigenvalue weighted by Gasteiger charge is 2.31. The number of hydrogen-bond acceptors (Lipinski definition) is 1. The molecule has 14 heavy (non-hydrogen) atoms. The van der Waals surface area contributed by atoms with Gasteiger partial charge in [-0.25, -0.2) is 0 Å². The first-order valence-electron chi connectivity index (χ1n) is 5.85. The maximum atomic E-state index is 5.33. The molecule has 1 saturated carbocycles. The van der Waals surface area contributed by atoms with E-state index in [9.17, 15) is 0 Å².